The third-order valence-electron chi connectivity index (χ3n) is 1.67. The summed E-state index contributed by atoms with van der Waals surface area (Å²) < 4.78 is 1.14. The summed E-state index contributed by atoms with van der Waals surface area (Å²) in [6.07, 6.45) is 1.51. The Balaban J connectivity index is 2.90. The van der Waals surface area contributed by atoms with Crippen molar-refractivity contribution in [1.29, 1.82) is 0 Å². The van der Waals surface area contributed by atoms with E-state index in [0.717, 1.165) is 4.52 Å². The fourth-order valence-electron chi connectivity index (χ4n) is 1.08. The average molecular weight is 180 g/mol. The number of hydrogen-bond donors (Lipinski definition) is 3. The summed E-state index contributed by atoms with van der Waals surface area (Å²) in [7, 11) is 1.72. The number of H-pyrrole nitrogens is 1. The van der Waals surface area contributed by atoms with E-state index in [2.05, 4.69) is 20.4 Å². The Morgan fingerprint density at radius 3 is 3.15 bits per heavy atom. The topological polar surface area (TPSA) is 101 Å². The second-order valence-electron chi connectivity index (χ2n) is 2.47. The molecule has 0 saturated heterocycles. The van der Waals surface area contributed by atoms with E-state index in [9.17, 15) is 4.79 Å². The first-order valence-corrected chi connectivity index (χ1v) is 3.63. The monoisotopic (exact) mass is 180 g/mol. The van der Waals surface area contributed by atoms with Crippen molar-refractivity contribution >= 4 is 17.3 Å². The Kier molecular flexibility index (Phi) is 1.44. The van der Waals surface area contributed by atoms with E-state index in [4.69, 9.17) is 5.73 Å². The minimum absolute atomic E-state index is 0.0782. The molecule has 0 saturated carbocycles. The Morgan fingerprint density at radius 1 is 1.69 bits per heavy atom. The summed E-state index contributed by atoms with van der Waals surface area (Å²) in [4.78, 5) is 17.5. The molecule has 2 aromatic heterocycles. The van der Waals surface area contributed by atoms with Crippen LogP contribution in [0.5, 0.6) is 0 Å². The van der Waals surface area contributed by atoms with Gasteiger partial charge in [-0.2, -0.15) is 14.6 Å². The van der Waals surface area contributed by atoms with E-state index in [1.807, 2.05) is 0 Å². The van der Waals surface area contributed by atoms with Crippen molar-refractivity contribution in [3.63, 3.8) is 0 Å². The summed E-state index contributed by atoms with van der Waals surface area (Å²) in [5.74, 6) is 0.0782. The van der Waals surface area contributed by atoms with Crippen LogP contribution in [0.25, 0.3) is 5.65 Å². The molecule has 0 atom stereocenters. The van der Waals surface area contributed by atoms with Crippen LogP contribution >= 0.6 is 0 Å². The molecule has 2 rings (SSSR count). The van der Waals surface area contributed by atoms with Gasteiger partial charge in [-0.1, -0.05) is 0 Å². The number of nitrogens with one attached hydrogen (secondary N) is 2. The Labute approximate surface area is 72.6 Å². The standard InChI is InChI=1S/C6H8N6O/c1-8-3-2-9-12-4(3)10-5(7)11-6(12)13/h2,8H,1H3,(H3,7,10,11,13). The first-order valence-electron chi connectivity index (χ1n) is 3.63. The molecule has 0 bridgehead atoms. The van der Waals surface area contributed by atoms with Crippen molar-refractivity contribution in [1.82, 2.24) is 19.6 Å². The maximum absolute atomic E-state index is 11.2. The number of nitrogen functional groups attached to an aromatic ring is 1. The predicted octanol–water partition coefficient (Wildman–Crippen LogP) is -0.959. The maximum Gasteiger partial charge on any atom is 0.350 e. The molecule has 7 heteroatoms. The van der Waals surface area contributed by atoms with Gasteiger partial charge >= 0.3 is 5.69 Å². The summed E-state index contributed by atoms with van der Waals surface area (Å²) in [6, 6.07) is 0. The number of hydrogen-bond acceptors (Lipinski definition) is 5. The lowest BCUT2D eigenvalue weighted by atomic mass is 10.5. The second kappa shape index (κ2) is 2.47. The molecule has 13 heavy (non-hydrogen) atoms. The fraction of sp³-hybridized carbons (Fsp3) is 0.167. The highest BCUT2D eigenvalue weighted by atomic mass is 16.1. The van der Waals surface area contributed by atoms with Crippen LogP contribution in [0.2, 0.25) is 0 Å². The minimum atomic E-state index is -0.399. The quantitative estimate of drug-likeness (QED) is 0.524. The van der Waals surface area contributed by atoms with Crippen LogP contribution in [-0.4, -0.2) is 26.6 Å². The molecule has 2 heterocycles. The van der Waals surface area contributed by atoms with E-state index in [-0.39, 0.29) is 5.95 Å². The van der Waals surface area contributed by atoms with Gasteiger partial charge in [0.1, 0.15) is 0 Å². The maximum atomic E-state index is 11.2. The highest BCUT2D eigenvalue weighted by Gasteiger charge is 2.06. The van der Waals surface area contributed by atoms with Gasteiger partial charge in [0, 0.05) is 7.05 Å². The number of aromatic nitrogens is 4. The molecule has 0 aliphatic heterocycles. The zero-order valence-electron chi connectivity index (χ0n) is 6.90. The number of aromatic amines is 1. The second-order valence-corrected chi connectivity index (χ2v) is 2.47. The SMILES string of the molecule is CNc1cnn2c(=O)[nH]c(N)nc12. The van der Waals surface area contributed by atoms with Crippen LogP contribution < -0.4 is 16.7 Å². The molecular formula is C6H8N6O. The molecule has 0 fully saturated rings. The predicted molar refractivity (Wildman–Crippen MR) is 47.6 cm³/mol. The van der Waals surface area contributed by atoms with Gasteiger partial charge in [-0.15, -0.1) is 0 Å². The molecule has 4 N–H and O–H groups in total. The zero-order chi connectivity index (χ0) is 9.42. The van der Waals surface area contributed by atoms with Gasteiger partial charge < -0.3 is 11.1 Å². The lowest BCUT2D eigenvalue weighted by Gasteiger charge is -1.96. The van der Waals surface area contributed by atoms with Crippen LogP contribution in [0, 0.1) is 0 Å². The zero-order valence-corrected chi connectivity index (χ0v) is 6.90. The summed E-state index contributed by atoms with van der Waals surface area (Å²) in [5, 5.41) is 6.67. The van der Waals surface area contributed by atoms with Crippen molar-refractivity contribution in [3.8, 4) is 0 Å². The van der Waals surface area contributed by atoms with Gasteiger partial charge in [-0.05, 0) is 0 Å². The molecule has 68 valence electrons. The molecule has 0 aromatic carbocycles. The highest BCUT2D eigenvalue weighted by Crippen LogP contribution is 2.10. The molecule has 0 unspecified atom stereocenters. The number of nitrogens with two attached hydrogens (primary N) is 1. The van der Waals surface area contributed by atoms with E-state index >= 15 is 0 Å². The van der Waals surface area contributed by atoms with Crippen LogP contribution in [0.1, 0.15) is 0 Å². The lowest BCUT2D eigenvalue weighted by molar-refractivity contribution is 0.847. The van der Waals surface area contributed by atoms with Crippen molar-refractivity contribution in [2.24, 2.45) is 0 Å². The van der Waals surface area contributed by atoms with Gasteiger partial charge in [-0.25, -0.2) is 4.79 Å². The van der Waals surface area contributed by atoms with E-state index in [1.54, 1.807) is 7.05 Å². The van der Waals surface area contributed by atoms with Gasteiger partial charge in [0.15, 0.2) is 5.65 Å². The number of anilines is 2. The highest BCUT2D eigenvalue weighted by molar-refractivity contribution is 5.66. The molecule has 0 spiro atoms. The smallest absolute Gasteiger partial charge is 0.350 e. The molecule has 0 aliphatic rings. The molecule has 2 aromatic rings. The third-order valence-corrected chi connectivity index (χ3v) is 1.67. The van der Waals surface area contributed by atoms with Crippen molar-refractivity contribution in [2.75, 3.05) is 18.1 Å². The lowest BCUT2D eigenvalue weighted by Crippen LogP contribution is -2.20. The Morgan fingerprint density at radius 2 is 2.46 bits per heavy atom. The molecule has 0 amide bonds. The minimum Gasteiger partial charge on any atom is -0.384 e. The van der Waals surface area contributed by atoms with Crippen LogP contribution in [-0.2, 0) is 0 Å². The first-order chi connectivity index (χ1) is 6.22. The van der Waals surface area contributed by atoms with E-state index in [0.29, 0.717) is 11.3 Å². The van der Waals surface area contributed by atoms with E-state index < -0.39 is 5.69 Å². The molecule has 0 aliphatic carbocycles. The van der Waals surface area contributed by atoms with Crippen molar-refractivity contribution < 1.29 is 0 Å². The van der Waals surface area contributed by atoms with Gasteiger partial charge in [0.05, 0.1) is 11.9 Å². The Bertz CT molecular complexity index is 497. The normalized spacial score (nSPS) is 10.5. The molecular weight excluding hydrogens is 172 g/mol. The van der Waals surface area contributed by atoms with Crippen LogP contribution in [0.3, 0.4) is 0 Å². The van der Waals surface area contributed by atoms with Gasteiger partial charge in [0.2, 0.25) is 5.95 Å². The summed E-state index contributed by atoms with van der Waals surface area (Å²) in [6.45, 7) is 0. The number of nitrogens with zero attached hydrogens (tertiary/aromatic N) is 3. The summed E-state index contributed by atoms with van der Waals surface area (Å²) >= 11 is 0. The molecule has 7 nitrogen and oxygen atoms in total. The first kappa shape index (κ1) is 7.59. The number of rotatable bonds is 1. The van der Waals surface area contributed by atoms with E-state index in [1.165, 1.54) is 6.20 Å². The van der Waals surface area contributed by atoms with Crippen molar-refractivity contribution in [2.45, 2.75) is 0 Å². The van der Waals surface area contributed by atoms with Crippen LogP contribution in [0.15, 0.2) is 11.0 Å². The number of fused-ring (bicyclic) bond motifs is 1. The summed E-state index contributed by atoms with van der Waals surface area (Å²) in [5.41, 5.74) is 6.06. The fourth-order valence-corrected chi connectivity index (χ4v) is 1.08. The van der Waals surface area contributed by atoms with Crippen LogP contribution in [0.4, 0.5) is 11.6 Å². The van der Waals surface area contributed by atoms with Gasteiger partial charge in [0.25, 0.3) is 0 Å². The van der Waals surface area contributed by atoms with Crippen molar-refractivity contribution in [3.05, 3.63) is 16.7 Å². The largest absolute Gasteiger partial charge is 0.384 e. The molecule has 0 radical (unpaired) electrons. The third kappa shape index (κ3) is 1.01. The average Bonchev–Trinajstić information content (AvgIpc) is 2.47. The Hall–Kier alpha value is -2.05. The van der Waals surface area contributed by atoms with Gasteiger partial charge in [-0.3, -0.25) is 4.98 Å².